The Morgan fingerprint density at radius 3 is 2.72 bits per heavy atom. The molecular formula is C21H21N3O. The molecule has 1 aliphatic rings. The van der Waals surface area contributed by atoms with Crippen LogP contribution < -0.4 is 0 Å². The standard InChI is InChI=1S/C21H21N3O/c1-2-19(25)23-14-8-6-12-17(23)20-18-13-7-9-15-24(18)22-21(20)16-10-4-3-5-11-16/h2-5,7,9-11,13,15,17H,1,6,8,12,14H2. The maximum atomic E-state index is 12.4. The maximum Gasteiger partial charge on any atom is 0.246 e. The summed E-state index contributed by atoms with van der Waals surface area (Å²) in [7, 11) is 0. The summed E-state index contributed by atoms with van der Waals surface area (Å²) in [6, 6.07) is 16.3. The molecule has 0 aliphatic carbocycles. The first-order valence-electron chi connectivity index (χ1n) is 8.75. The predicted molar refractivity (Wildman–Crippen MR) is 99.1 cm³/mol. The van der Waals surface area contributed by atoms with Crippen LogP contribution in [0.4, 0.5) is 0 Å². The molecule has 1 atom stereocenters. The highest BCUT2D eigenvalue weighted by Crippen LogP contribution is 2.39. The van der Waals surface area contributed by atoms with Gasteiger partial charge in [0.05, 0.1) is 17.3 Å². The third-order valence-electron chi connectivity index (χ3n) is 4.92. The van der Waals surface area contributed by atoms with Crippen molar-refractivity contribution in [2.45, 2.75) is 25.3 Å². The number of hydrogen-bond donors (Lipinski definition) is 0. The van der Waals surface area contributed by atoms with E-state index in [9.17, 15) is 4.79 Å². The van der Waals surface area contributed by atoms with Gasteiger partial charge in [-0.05, 0) is 37.5 Å². The normalized spacial score (nSPS) is 17.6. The van der Waals surface area contributed by atoms with Gasteiger partial charge in [0.25, 0.3) is 0 Å². The van der Waals surface area contributed by atoms with Crippen molar-refractivity contribution < 1.29 is 4.79 Å². The fourth-order valence-corrected chi connectivity index (χ4v) is 3.77. The molecular weight excluding hydrogens is 310 g/mol. The second-order valence-corrected chi connectivity index (χ2v) is 6.41. The molecule has 2 aromatic heterocycles. The maximum absolute atomic E-state index is 12.4. The summed E-state index contributed by atoms with van der Waals surface area (Å²) in [6.07, 6.45) is 6.50. The number of carbonyl (C=O) groups excluding carboxylic acids is 1. The van der Waals surface area contributed by atoms with Gasteiger partial charge in [0.2, 0.25) is 5.91 Å². The molecule has 3 aromatic rings. The Kier molecular flexibility index (Phi) is 4.10. The van der Waals surface area contributed by atoms with Gasteiger partial charge in [0, 0.05) is 23.9 Å². The minimum absolute atomic E-state index is 0.000933. The van der Waals surface area contributed by atoms with E-state index in [1.54, 1.807) is 0 Å². The van der Waals surface area contributed by atoms with Crippen molar-refractivity contribution in [3.63, 3.8) is 0 Å². The molecule has 0 saturated carbocycles. The van der Waals surface area contributed by atoms with E-state index in [-0.39, 0.29) is 11.9 Å². The second kappa shape index (κ2) is 6.55. The zero-order valence-electron chi connectivity index (χ0n) is 14.1. The van der Waals surface area contributed by atoms with Crippen LogP contribution in [0.15, 0.2) is 67.4 Å². The van der Waals surface area contributed by atoms with Gasteiger partial charge in [-0.2, -0.15) is 5.10 Å². The predicted octanol–water partition coefficient (Wildman–Crippen LogP) is 4.24. The third kappa shape index (κ3) is 2.74. The number of piperidine rings is 1. The van der Waals surface area contributed by atoms with E-state index < -0.39 is 0 Å². The van der Waals surface area contributed by atoms with Gasteiger partial charge < -0.3 is 4.90 Å². The lowest BCUT2D eigenvalue weighted by molar-refractivity contribution is -0.129. The van der Waals surface area contributed by atoms with Gasteiger partial charge in [0.15, 0.2) is 0 Å². The zero-order valence-corrected chi connectivity index (χ0v) is 14.1. The highest BCUT2D eigenvalue weighted by Gasteiger charge is 2.31. The second-order valence-electron chi connectivity index (χ2n) is 6.41. The molecule has 1 unspecified atom stereocenters. The average Bonchev–Trinajstić information content (AvgIpc) is 3.07. The number of nitrogens with zero attached hydrogens (tertiary/aromatic N) is 3. The minimum Gasteiger partial charge on any atom is -0.332 e. The summed E-state index contributed by atoms with van der Waals surface area (Å²) < 4.78 is 1.92. The van der Waals surface area contributed by atoms with Crippen molar-refractivity contribution in [1.82, 2.24) is 14.5 Å². The van der Waals surface area contributed by atoms with Gasteiger partial charge in [-0.1, -0.05) is 43.0 Å². The molecule has 1 aliphatic heterocycles. The summed E-state index contributed by atoms with van der Waals surface area (Å²) in [5, 5.41) is 4.83. The van der Waals surface area contributed by atoms with E-state index in [2.05, 4.69) is 24.8 Å². The Morgan fingerprint density at radius 2 is 1.92 bits per heavy atom. The molecule has 0 spiro atoms. The summed E-state index contributed by atoms with van der Waals surface area (Å²) in [5.41, 5.74) is 4.25. The number of likely N-dealkylation sites (tertiary alicyclic amines) is 1. The van der Waals surface area contributed by atoms with Crippen LogP contribution in [0.3, 0.4) is 0 Å². The van der Waals surface area contributed by atoms with Gasteiger partial charge >= 0.3 is 0 Å². The van der Waals surface area contributed by atoms with E-state index >= 15 is 0 Å². The number of rotatable bonds is 3. The largest absolute Gasteiger partial charge is 0.332 e. The van der Waals surface area contributed by atoms with Crippen LogP contribution in [-0.4, -0.2) is 27.0 Å². The summed E-state index contributed by atoms with van der Waals surface area (Å²) in [6.45, 7) is 4.45. The average molecular weight is 331 g/mol. The first kappa shape index (κ1) is 15.6. The molecule has 25 heavy (non-hydrogen) atoms. The van der Waals surface area contributed by atoms with Crippen LogP contribution in [0, 0.1) is 0 Å². The zero-order chi connectivity index (χ0) is 17.2. The van der Waals surface area contributed by atoms with Crippen molar-refractivity contribution in [1.29, 1.82) is 0 Å². The van der Waals surface area contributed by atoms with Crippen LogP contribution in [0.5, 0.6) is 0 Å². The highest BCUT2D eigenvalue weighted by molar-refractivity contribution is 5.88. The van der Waals surface area contributed by atoms with E-state index in [1.807, 2.05) is 45.9 Å². The van der Waals surface area contributed by atoms with Crippen molar-refractivity contribution in [3.05, 3.63) is 72.9 Å². The van der Waals surface area contributed by atoms with Crippen LogP contribution >= 0.6 is 0 Å². The molecule has 4 rings (SSSR count). The summed E-state index contributed by atoms with van der Waals surface area (Å²) >= 11 is 0. The van der Waals surface area contributed by atoms with E-state index in [4.69, 9.17) is 5.10 Å². The topological polar surface area (TPSA) is 37.6 Å². The Bertz CT molecular complexity index is 913. The van der Waals surface area contributed by atoms with Crippen molar-refractivity contribution >= 4 is 11.4 Å². The smallest absolute Gasteiger partial charge is 0.246 e. The molecule has 0 radical (unpaired) electrons. The number of pyridine rings is 1. The van der Waals surface area contributed by atoms with Gasteiger partial charge in [-0.15, -0.1) is 0 Å². The van der Waals surface area contributed by atoms with Crippen LogP contribution in [0.2, 0.25) is 0 Å². The Morgan fingerprint density at radius 1 is 1.12 bits per heavy atom. The summed E-state index contributed by atoms with van der Waals surface area (Å²) in [4.78, 5) is 14.4. The van der Waals surface area contributed by atoms with E-state index in [1.165, 1.54) is 6.08 Å². The van der Waals surface area contributed by atoms with Crippen molar-refractivity contribution in [3.8, 4) is 11.3 Å². The molecule has 1 saturated heterocycles. The molecule has 4 nitrogen and oxygen atoms in total. The molecule has 4 heteroatoms. The quantitative estimate of drug-likeness (QED) is 0.673. The van der Waals surface area contributed by atoms with Gasteiger partial charge in [-0.3, -0.25) is 4.79 Å². The number of fused-ring (bicyclic) bond motifs is 1. The van der Waals surface area contributed by atoms with E-state index in [0.717, 1.165) is 48.1 Å². The van der Waals surface area contributed by atoms with Crippen LogP contribution in [0.25, 0.3) is 16.8 Å². The van der Waals surface area contributed by atoms with Gasteiger partial charge in [0.1, 0.15) is 0 Å². The monoisotopic (exact) mass is 331 g/mol. The molecule has 126 valence electrons. The van der Waals surface area contributed by atoms with Crippen LogP contribution in [0.1, 0.15) is 30.9 Å². The highest BCUT2D eigenvalue weighted by atomic mass is 16.2. The van der Waals surface area contributed by atoms with Crippen LogP contribution in [-0.2, 0) is 4.79 Å². The number of carbonyl (C=O) groups is 1. The first-order valence-corrected chi connectivity index (χ1v) is 8.75. The molecule has 1 amide bonds. The molecule has 1 aromatic carbocycles. The molecule has 0 N–H and O–H groups in total. The lowest BCUT2D eigenvalue weighted by atomic mass is 9.92. The minimum atomic E-state index is -0.000933. The Labute approximate surface area is 147 Å². The number of aromatic nitrogens is 2. The van der Waals surface area contributed by atoms with E-state index in [0.29, 0.717) is 0 Å². The van der Waals surface area contributed by atoms with Crippen molar-refractivity contribution in [2.75, 3.05) is 6.54 Å². The lowest BCUT2D eigenvalue weighted by Gasteiger charge is -2.35. The number of amides is 1. The summed E-state index contributed by atoms with van der Waals surface area (Å²) in [5.74, 6) is -0.000933. The third-order valence-corrected chi connectivity index (χ3v) is 4.92. The van der Waals surface area contributed by atoms with Gasteiger partial charge in [-0.25, -0.2) is 4.52 Å². The molecule has 0 bridgehead atoms. The Hall–Kier alpha value is -2.88. The van der Waals surface area contributed by atoms with Crippen molar-refractivity contribution in [2.24, 2.45) is 0 Å². The number of benzene rings is 1. The number of hydrogen-bond acceptors (Lipinski definition) is 2. The lowest BCUT2D eigenvalue weighted by Crippen LogP contribution is -2.37. The first-order chi connectivity index (χ1) is 12.3. The molecule has 3 heterocycles. The fourth-order valence-electron chi connectivity index (χ4n) is 3.77. The molecule has 1 fully saturated rings. The Balaban J connectivity index is 1.93. The SMILES string of the molecule is C=CC(=O)N1CCCCC1c1c(-c2ccccc2)nn2ccccc12. The fraction of sp³-hybridized carbons (Fsp3) is 0.238.